The van der Waals surface area contributed by atoms with Gasteiger partial charge in [-0.15, -0.1) is 11.3 Å². The molecule has 4 aromatic rings. The van der Waals surface area contributed by atoms with Crippen LogP contribution in [0.5, 0.6) is 0 Å². The Morgan fingerprint density at radius 1 is 0.974 bits per heavy atom. The number of hydrogen-bond acceptors (Lipinski definition) is 6. The van der Waals surface area contributed by atoms with Crippen molar-refractivity contribution in [2.45, 2.75) is 0 Å². The average Bonchev–Trinajstić information content (AvgIpc) is 3.64. The zero-order valence-corrected chi connectivity index (χ0v) is 21.7. The van der Waals surface area contributed by atoms with Crippen LogP contribution in [0.1, 0.15) is 15.9 Å². The quantitative estimate of drug-likeness (QED) is 0.323. The summed E-state index contributed by atoms with van der Waals surface area (Å²) >= 11 is 1.57. The molecule has 1 aliphatic heterocycles. The van der Waals surface area contributed by atoms with Gasteiger partial charge in [-0.25, -0.2) is 4.68 Å². The van der Waals surface area contributed by atoms with Crippen molar-refractivity contribution in [2.24, 2.45) is 0 Å². The van der Waals surface area contributed by atoms with Crippen LogP contribution in [-0.4, -0.2) is 65.9 Å². The Hall–Kier alpha value is -4.05. The molecular formula is C29H29N5O3S. The largest absolute Gasteiger partial charge is 0.379 e. The Kier molecular flexibility index (Phi) is 8.39. The normalized spacial score (nSPS) is 14.3. The van der Waals surface area contributed by atoms with Gasteiger partial charge >= 0.3 is 0 Å². The fourth-order valence-electron chi connectivity index (χ4n) is 4.16. The third kappa shape index (κ3) is 6.44. The Balaban J connectivity index is 1.45. The van der Waals surface area contributed by atoms with Crippen molar-refractivity contribution in [1.29, 1.82) is 0 Å². The number of morpholine rings is 1. The number of para-hydroxylation sites is 1. The van der Waals surface area contributed by atoms with Gasteiger partial charge in [-0.2, -0.15) is 5.10 Å². The second-order valence-electron chi connectivity index (χ2n) is 8.78. The summed E-state index contributed by atoms with van der Waals surface area (Å²) in [4.78, 5) is 29.6. The first-order chi connectivity index (χ1) is 18.7. The fourth-order valence-corrected chi connectivity index (χ4v) is 4.89. The van der Waals surface area contributed by atoms with Crippen LogP contribution in [0, 0.1) is 0 Å². The van der Waals surface area contributed by atoms with E-state index in [0.29, 0.717) is 31.9 Å². The molecule has 0 radical (unpaired) electrons. The second-order valence-corrected chi connectivity index (χ2v) is 9.73. The molecule has 0 unspecified atom stereocenters. The minimum absolute atomic E-state index is 0.159. The minimum Gasteiger partial charge on any atom is -0.379 e. The van der Waals surface area contributed by atoms with E-state index in [1.165, 1.54) is 0 Å². The van der Waals surface area contributed by atoms with Crippen molar-refractivity contribution in [2.75, 3.05) is 39.4 Å². The summed E-state index contributed by atoms with van der Waals surface area (Å²) < 4.78 is 7.19. The van der Waals surface area contributed by atoms with Crippen molar-refractivity contribution < 1.29 is 14.3 Å². The Morgan fingerprint density at radius 3 is 2.42 bits per heavy atom. The van der Waals surface area contributed by atoms with Crippen LogP contribution in [-0.2, 0) is 9.53 Å². The van der Waals surface area contributed by atoms with Gasteiger partial charge < -0.3 is 15.4 Å². The highest BCUT2D eigenvalue weighted by molar-refractivity contribution is 7.13. The second kappa shape index (κ2) is 12.5. The van der Waals surface area contributed by atoms with Gasteiger partial charge in [0.05, 0.1) is 23.8 Å². The lowest BCUT2D eigenvalue weighted by Crippen LogP contribution is -2.42. The Labute approximate surface area is 225 Å². The van der Waals surface area contributed by atoms with E-state index < -0.39 is 0 Å². The molecule has 1 fully saturated rings. The number of amides is 2. The van der Waals surface area contributed by atoms with Crippen molar-refractivity contribution in [1.82, 2.24) is 25.3 Å². The Morgan fingerprint density at radius 2 is 1.71 bits per heavy atom. The van der Waals surface area contributed by atoms with Crippen LogP contribution >= 0.6 is 11.3 Å². The molecule has 5 rings (SSSR count). The van der Waals surface area contributed by atoms with Crippen molar-refractivity contribution in [3.05, 3.63) is 101 Å². The molecule has 2 amide bonds. The van der Waals surface area contributed by atoms with Crippen LogP contribution in [0.3, 0.4) is 0 Å². The minimum atomic E-state index is -0.355. The van der Waals surface area contributed by atoms with E-state index in [-0.39, 0.29) is 17.5 Å². The number of nitrogens with one attached hydrogen (secondary N) is 2. The van der Waals surface area contributed by atoms with Crippen LogP contribution < -0.4 is 10.6 Å². The van der Waals surface area contributed by atoms with Gasteiger partial charge in [0.15, 0.2) is 0 Å². The zero-order valence-electron chi connectivity index (χ0n) is 20.9. The molecule has 1 saturated heterocycles. The summed E-state index contributed by atoms with van der Waals surface area (Å²) in [5, 5.41) is 12.6. The lowest BCUT2D eigenvalue weighted by Gasteiger charge is -2.26. The standard InChI is InChI=1S/C29H29N5O3S/c35-28(22-8-3-1-4-9-22)31-25(29(36)30-13-14-33-15-17-37-18-16-33)20-23-21-34(24-10-5-2-6-11-24)32-27(23)26-12-7-19-38-26/h1-12,19-21H,13-18H2,(H,30,36)(H,31,35)/b25-20-. The lowest BCUT2D eigenvalue weighted by molar-refractivity contribution is -0.117. The molecule has 194 valence electrons. The molecule has 0 atom stereocenters. The molecule has 0 aliphatic carbocycles. The number of carbonyl (C=O) groups is 2. The monoisotopic (exact) mass is 527 g/mol. The molecular weight excluding hydrogens is 498 g/mol. The maximum Gasteiger partial charge on any atom is 0.267 e. The van der Waals surface area contributed by atoms with Gasteiger partial charge in [-0.3, -0.25) is 14.5 Å². The molecule has 3 heterocycles. The first-order valence-corrected chi connectivity index (χ1v) is 13.4. The molecule has 38 heavy (non-hydrogen) atoms. The molecule has 0 saturated carbocycles. The molecule has 0 bridgehead atoms. The average molecular weight is 528 g/mol. The third-order valence-corrected chi connectivity index (χ3v) is 7.04. The van der Waals surface area contributed by atoms with Crippen LogP contribution in [0.4, 0.5) is 0 Å². The summed E-state index contributed by atoms with van der Waals surface area (Å²) in [6.45, 7) is 4.24. The predicted molar refractivity (Wildman–Crippen MR) is 149 cm³/mol. The molecule has 2 aromatic carbocycles. The first kappa shape index (κ1) is 25.6. The number of aromatic nitrogens is 2. The van der Waals surface area contributed by atoms with Crippen LogP contribution in [0.25, 0.3) is 22.3 Å². The smallest absolute Gasteiger partial charge is 0.267 e. The van der Waals surface area contributed by atoms with E-state index >= 15 is 0 Å². The summed E-state index contributed by atoms with van der Waals surface area (Å²) in [6, 6.07) is 22.6. The molecule has 2 aromatic heterocycles. The molecule has 9 heteroatoms. The number of hydrogen-bond donors (Lipinski definition) is 2. The third-order valence-electron chi connectivity index (χ3n) is 6.16. The van der Waals surface area contributed by atoms with Gasteiger partial charge in [-0.05, 0) is 41.8 Å². The van der Waals surface area contributed by atoms with E-state index in [1.807, 2.05) is 60.1 Å². The zero-order chi connectivity index (χ0) is 26.2. The highest BCUT2D eigenvalue weighted by Crippen LogP contribution is 2.29. The highest BCUT2D eigenvalue weighted by atomic mass is 32.1. The van der Waals surface area contributed by atoms with Crippen molar-refractivity contribution in [3.63, 3.8) is 0 Å². The number of nitrogens with zero attached hydrogens (tertiary/aromatic N) is 3. The van der Waals surface area contributed by atoms with Gasteiger partial charge in [0, 0.05) is 43.5 Å². The van der Waals surface area contributed by atoms with Gasteiger partial charge in [0.25, 0.3) is 11.8 Å². The maximum atomic E-state index is 13.4. The summed E-state index contributed by atoms with van der Waals surface area (Å²) in [5.41, 5.74) is 2.98. The van der Waals surface area contributed by atoms with Gasteiger partial charge in [-0.1, -0.05) is 42.5 Å². The van der Waals surface area contributed by atoms with E-state index in [1.54, 1.807) is 46.4 Å². The number of benzene rings is 2. The van der Waals surface area contributed by atoms with Gasteiger partial charge in [0.1, 0.15) is 11.4 Å². The van der Waals surface area contributed by atoms with E-state index in [0.717, 1.165) is 34.9 Å². The van der Waals surface area contributed by atoms with Crippen LogP contribution in [0.2, 0.25) is 0 Å². The number of rotatable bonds is 9. The van der Waals surface area contributed by atoms with Gasteiger partial charge in [0.2, 0.25) is 0 Å². The number of ether oxygens (including phenoxy) is 1. The SMILES string of the molecule is O=C(NCCN1CCOCC1)/C(=C/c1cn(-c2ccccc2)nc1-c1cccs1)NC(=O)c1ccccc1. The molecule has 2 N–H and O–H groups in total. The van der Waals surface area contributed by atoms with Crippen molar-refractivity contribution >= 4 is 29.2 Å². The summed E-state index contributed by atoms with van der Waals surface area (Å²) in [6.07, 6.45) is 3.58. The molecule has 8 nitrogen and oxygen atoms in total. The van der Waals surface area contributed by atoms with E-state index in [2.05, 4.69) is 15.5 Å². The highest BCUT2D eigenvalue weighted by Gasteiger charge is 2.19. The fraction of sp³-hybridized carbons (Fsp3) is 0.207. The first-order valence-electron chi connectivity index (χ1n) is 12.5. The molecule has 0 spiro atoms. The van der Waals surface area contributed by atoms with E-state index in [9.17, 15) is 9.59 Å². The number of thiophene rings is 1. The van der Waals surface area contributed by atoms with E-state index in [4.69, 9.17) is 9.84 Å². The Bertz CT molecular complexity index is 1380. The lowest BCUT2D eigenvalue weighted by atomic mass is 10.1. The maximum absolute atomic E-state index is 13.4. The number of carbonyl (C=O) groups excluding carboxylic acids is 2. The van der Waals surface area contributed by atoms with Crippen molar-refractivity contribution in [3.8, 4) is 16.3 Å². The topological polar surface area (TPSA) is 88.5 Å². The predicted octanol–water partition coefficient (Wildman–Crippen LogP) is 3.82. The molecule has 1 aliphatic rings. The summed E-state index contributed by atoms with van der Waals surface area (Å²) in [7, 11) is 0. The van der Waals surface area contributed by atoms with Crippen LogP contribution in [0.15, 0.2) is 90.1 Å². The summed E-state index contributed by atoms with van der Waals surface area (Å²) in [5.74, 6) is -0.708.